The molecule has 0 N–H and O–H groups in total. The highest BCUT2D eigenvalue weighted by Crippen LogP contribution is 2.10. The minimum atomic E-state index is 0.452. The van der Waals surface area contributed by atoms with Crippen molar-refractivity contribution >= 4 is 0 Å². The summed E-state index contributed by atoms with van der Waals surface area (Å²) in [5.41, 5.74) is 0. The SMILES string of the molecule is CCCCCCCCCCCCOC(C)CC. The summed E-state index contributed by atoms with van der Waals surface area (Å²) >= 11 is 0. The van der Waals surface area contributed by atoms with Gasteiger partial charge in [0.25, 0.3) is 0 Å². The van der Waals surface area contributed by atoms with Crippen LogP contribution in [0.2, 0.25) is 0 Å². The topological polar surface area (TPSA) is 9.23 Å². The lowest BCUT2D eigenvalue weighted by Crippen LogP contribution is -2.07. The normalized spacial score (nSPS) is 12.9. The minimum absolute atomic E-state index is 0.452. The van der Waals surface area contributed by atoms with Gasteiger partial charge in [0.1, 0.15) is 0 Å². The van der Waals surface area contributed by atoms with Crippen molar-refractivity contribution < 1.29 is 4.74 Å². The molecule has 1 atom stereocenters. The third-order valence-electron chi connectivity index (χ3n) is 3.48. The monoisotopic (exact) mass is 242 g/mol. The van der Waals surface area contributed by atoms with Crippen molar-refractivity contribution in [2.24, 2.45) is 0 Å². The first-order chi connectivity index (χ1) is 8.31. The van der Waals surface area contributed by atoms with E-state index in [9.17, 15) is 0 Å². The van der Waals surface area contributed by atoms with Crippen LogP contribution in [0.25, 0.3) is 0 Å². The van der Waals surface area contributed by atoms with Crippen molar-refractivity contribution in [3.63, 3.8) is 0 Å². The van der Waals surface area contributed by atoms with Crippen molar-refractivity contribution in [2.45, 2.75) is 97.5 Å². The van der Waals surface area contributed by atoms with E-state index in [4.69, 9.17) is 4.74 Å². The zero-order valence-corrected chi connectivity index (χ0v) is 12.5. The third kappa shape index (κ3) is 13.9. The fourth-order valence-electron chi connectivity index (χ4n) is 1.99. The van der Waals surface area contributed by atoms with Gasteiger partial charge in [0.15, 0.2) is 0 Å². The molecule has 0 aliphatic rings. The first-order valence-electron chi connectivity index (χ1n) is 7.92. The number of unbranched alkanes of at least 4 members (excludes halogenated alkanes) is 9. The first kappa shape index (κ1) is 17.0. The molecular formula is C16H34O. The van der Waals surface area contributed by atoms with Gasteiger partial charge in [-0.2, -0.15) is 0 Å². The highest BCUT2D eigenvalue weighted by atomic mass is 16.5. The molecule has 0 bridgehead atoms. The van der Waals surface area contributed by atoms with Crippen LogP contribution in [0.5, 0.6) is 0 Å². The lowest BCUT2D eigenvalue weighted by Gasteiger charge is -2.09. The number of ether oxygens (including phenoxy) is 1. The Kier molecular flexibility index (Phi) is 14.0. The van der Waals surface area contributed by atoms with Gasteiger partial charge in [0.2, 0.25) is 0 Å². The van der Waals surface area contributed by atoms with Crippen LogP contribution in [0.3, 0.4) is 0 Å². The molecule has 0 saturated carbocycles. The van der Waals surface area contributed by atoms with E-state index in [0.29, 0.717) is 6.10 Å². The van der Waals surface area contributed by atoms with Gasteiger partial charge in [-0.25, -0.2) is 0 Å². The summed E-state index contributed by atoms with van der Waals surface area (Å²) in [5.74, 6) is 0. The van der Waals surface area contributed by atoms with Crippen molar-refractivity contribution in [3.05, 3.63) is 0 Å². The van der Waals surface area contributed by atoms with E-state index in [1.165, 1.54) is 64.2 Å². The molecule has 0 aromatic rings. The lowest BCUT2D eigenvalue weighted by molar-refractivity contribution is 0.0608. The van der Waals surface area contributed by atoms with Crippen molar-refractivity contribution in [3.8, 4) is 0 Å². The Labute approximate surface area is 109 Å². The first-order valence-corrected chi connectivity index (χ1v) is 7.92. The van der Waals surface area contributed by atoms with Crippen LogP contribution in [-0.2, 0) is 4.74 Å². The molecule has 0 heterocycles. The molecule has 1 nitrogen and oxygen atoms in total. The minimum Gasteiger partial charge on any atom is -0.379 e. The van der Waals surface area contributed by atoms with Gasteiger partial charge in [0, 0.05) is 6.61 Å². The quantitative estimate of drug-likeness (QED) is 0.375. The smallest absolute Gasteiger partial charge is 0.0544 e. The highest BCUT2D eigenvalue weighted by molar-refractivity contribution is 4.48. The fraction of sp³-hybridized carbons (Fsp3) is 1.00. The Morgan fingerprint density at radius 1 is 0.706 bits per heavy atom. The fourth-order valence-corrected chi connectivity index (χ4v) is 1.99. The molecule has 0 saturated heterocycles. The summed E-state index contributed by atoms with van der Waals surface area (Å²) in [6.45, 7) is 7.59. The van der Waals surface area contributed by atoms with Gasteiger partial charge < -0.3 is 4.74 Å². The van der Waals surface area contributed by atoms with E-state index >= 15 is 0 Å². The zero-order chi connectivity index (χ0) is 12.8. The molecule has 0 aliphatic heterocycles. The average Bonchev–Trinajstić information content (AvgIpc) is 2.35. The van der Waals surface area contributed by atoms with Crippen LogP contribution >= 0.6 is 0 Å². The summed E-state index contributed by atoms with van der Waals surface area (Å²) in [7, 11) is 0. The molecule has 1 unspecified atom stereocenters. The molecule has 0 rings (SSSR count). The molecule has 0 aromatic carbocycles. The molecule has 17 heavy (non-hydrogen) atoms. The number of hydrogen-bond acceptors (Lipinski definition) is 1. The number of hydrogen-bond donors (Lipinski definition) is 0. The van der Waals surface area contributed by atoms with Gasteiger partial charge in [-0.3, -0.25) is 0 Å². The van der Waals surface area contributed by atoms with Crippen molar-refractivity contribution in [1.82, 2.24) is 0 Å². The van der Waals surface area contributed by atoms with Crippen LogP contribution in [0, 0.1) is 0 Å². The van der Waals surface area contributed by atoms with Gasteiger partial charge in [-0.15, -0.1) is 0 Å². The van der Waals surface area contributed by atoms with E-state index in [1.54, 1.807) is 0 Å². The Hall–Kier alpha value is -0.0400. The van der Waals surface area contributed by atoms with E-state index in [1.807, 2.05) is 0 Å². The number of rotatable bonds is 13. The Morgan fingerprint density at radius 2 is 1.18 bits per heavy atom. The van der Waals surface area contributed by atoms with E-state index in [0.717, 1.165) is 13.0 Å². The Bertz CT molecular complexity index is 133. The predicted molar refractivity (Wildman–Crippen MR) is 77.5 cm³/mol. The average molecular weight is 242 g/mol. The predicted octanol–water partition coefficient (Wildman–Crippen LogP) is 5.72. The Balaban J connectivity index is 2.94. The molecule has 0 aliphatic carbocycles. The van der Waals surface area contributed by atoms with Crippen molar-refractivity contribution in [1.29, 1.82) is 0 Å². The largest absolute Gasteiger partial charge is 0.379 e. The van der Waals surface area contributed by atoms with E-state index < -0.39 is 0 Å². The van der Waals surface area contributed by atoms with Crippen LogP contribution in [0.4, 0.5) is 0 Å². The molecule has 0 aromatic heterocycles. The van der Waals surface area contributed by atoms with Crippen LogP contribution in [-0.4, -0.2) is 12.7 Å². The summed E-state index contributed by atoms with van der Waals surface area (Å²) in [6.07, 6.45) is 15.6. The third-order valence-corrected chi connectivity index (χ3v) is 3.48. The molecule has 0 radical (unpaired) electrons. The Morgan fingerprint density at radius 3 is 1.65 bits per heavy atom. The molecular weight excluding hydrogens is 208 g/mol. The molecule has 1 heteroatoms. The van der Waals surface area contributed by atoms with Crippen LogP contribution in [0.1, 0.15) is 91.4 Å². The summed E-state index contributed by atoms with van der Waals surface area (Å²) < 4.78 is 5.66. The van der Waals surface area contributed by atoms with Crippen LogP contribution < -0.4 is 0 Å². The summed E-state index contributed by atoms with van der Waals surface area (Å²) in [6, 6.07) is 0. The lowest BCUT2D eigenvalue weighted by atomic mass is 10.1. The molecule has 0 spiro atoms. The maximum absolute atomic E-state index is 5.66. The maximum Gasteiger partial charge on any atom is 0.0544 e. The molecule has 0 amide bonds. The van der Waals surface area contributed by atoms with Crippen molar-refractivity contribution in [2.75, 3.05) is 6.61 Å². The van der Waals surface area contributed by atoms with E-state index in [2.05, 4.69) is 20.8 Å². The molecule has 0 fully saturated rings. The van der Waals surface area contributed by atoms with Gasteiger partial charge in [-0.1, -0.05) is 71.6 Å². The second kappa shape index (κ2) is 14.0. The van der Waals surface area contributed by atoms with Crippen LogP contribution in [0.15, 0.2) is 0 Å². The zero-order valence-electron chi connectivity index (χ0n) is 12.5. The molecule has 104 valence electrons. The second-order valence-electron chi connectivity index (χ2n) is 5.27. The highest BCUT2D eigenvalue weighted by Gasteiger charge is 1.97. The second-order valence-corrected chi connectivity index (χ2v) is 5.27. The van der Waals surface area contributed by atoms with Gasteiger partial charge in [-0.05, 0) is 19.8 Å². The summed E-state index contributed by atoms with van der Waals surface area (Å²) in [4.78, 5) is 0. The van der Waals surface area contributed by atoms with Gasteiger partial charge in [0.05, 0.1) is 6.10 Å². The van der Waals surface area contributed by atoms with E-state index in [-0.39, 0.29) is 0 Å². The standard InChI is InChI=1S/C16H34O/c1-4-6-7-8-9-10-11-12-13-14-15-17-16(3)5-2/h16H,4-15H2,1-3H3. The maximum atomic E-state index is 5.66. The van der Waals surface area contributed by atoms with Gasteiger partial charge >= 0.3 is 0 Å². The summed E-state index contributed by atoms with van der Waals surface area (Å²) in [5, 5.41) is 0.